The second-order valence-electron chi connectivity index (χ2n) is 3.18. The van der Waals surface area contributed by atoms with Gasteiger partial charge in [0, 0.05) is 0 Å². The summed E-state index contributed by atoms with van der Waals surface area (Å²) < 4.78 is 30.2. The Hall–Kier alpha value is -1.76. The molecule has 1 aromatic rings. The molecule has 0 heterocycles. The quantitative estimate of drug-likeness (QED) is 0.792. The van der Waals surface area contributed by atoms with Crippen LogP contribution >= 0.6 is 0 Å². The average molecular weight is 259 g/mol. The highest BCUT2D eigenvalue weighted by Gasteiger charge is 2.17. The van der Waals surface area contributed by atoms with Gasteiger partial charge in [-0.2, -0.15) is 0 Å². The number of anilines is 1. The van der Waals surface area contributed by atoms with Gasteiger partial charge in [0.15, 0.2) is 5.75 Å². The number of sulfonamides is 1. The summed E-state index contributed by atoms with van der Waals surface area (Å²) in [5, 5.41) is 8.45. The molecule has 0 unspecified atom stereocenters. The van der Waals surface area contributed by atoms with Gasteiger partial charge in [-0.05, 0) is 19.1 Å². The molecule has 0 amide bonds. The van der Waals surface area contributed by atoms with Gasteiger partial charge in [-0.3, -0.25) is 9.52 Å². The molecule has 94 valence electrons. The maximum absolute atomic E-state index is 11.4. The summed E-state index contributed by atoms with van der Waals surface area (Å²) in [7, 11) is -3.90. The van der Waals surface area contributed by atoms with Crippen molar-refractivity contribution in [1.82, 2.24) is 0 Å². The Labute approximate surface area is 99.3 Å². The van der Waals surface area contributed by atoms with Crippen LogP contribution in [0.15, 0.2) is 24.3 Å². The first-order valence-electron chi connectivity index (χ1n) is 4.88. The first kappa shape index (κ1) is 13.3. The molecule has 1 aromatic carbocycles. The molecule has 17 heavy (non-hydrogen) atoms. The minimum Gasteiger partial charge on any atom is -0.492 e. The van der Waals surface area contributed by atoms with E-state index < -0.39 is 21.7 Å². The van der Waals surface area contributed by atoms with Gasteiger partial charge >= 0.3 is 5.97 Å². The van der Waals surface area contributed by atoms with Gasteiger partial charge in [0.25, 0.3) is 0 Å². The number of para-hydroxylation sites is 2. The van der Waals surface area contributed by atoms with E-state index in [1.807, 2.05) is 0 Å². The Bertz CT molecular complexity index is 497. The zero-order chi connectivity index (χ0) is 12.9. The predicted molar refractivity (Wildman–Crippen MR) is 62.7 cm³/mol. The van der Waals surface area contributed by atoms with Gasteiger partial charge in [0.1, 0.15) is 5.75 Å². The number of aliphatic carboxylic acids is 1. The van der Waals surface area contributed by atoms with Crippen LogP contribution in [0.2, 0.25) is 0 Å². The SMILES string of the molecule is CCOc1ccccc1NS(=O)(=O)CC(=O)O. The van der Waals surface area contributed by atoms with Crippen molar-refractivity contribution in [2.75, 3.05) is 17.1 Å². The number of hydrogen-bond donors (Lipinski definition) is 2. The number of benzene rings is 1. The fourth-order valence-electron chi connectivity index (χ4n) is 1.20. The lowest BCUT2D eigenvalue weighted by atomic mass is 10.3. The highest BCUT2D eigenvalue weighted by molar-refractivity contribution is 7.93. The van der Waals surface area contributed by atoms with E-state index >= 15 is 0 Å². The van der Waals surface area contributed by atoms with Crippen LogP contribution in [0.5, 0.6) is 5.75 Å². The Morgan fingerprint density at radius 3 is 2.65 bits per heavy atom. The summed E-state index contributed by atoms with van der Waals surface area (Å²) in [5.74, 6) is -2.02. The molecule has 0 radical (unpaired) electrons. The van der Waals surface area contributed by atoms with E-state index in [1.165, 1.54) is 6.07 Å². The predicted octanol–water partition coefficient (Wildman–Crippen LogP) is 0.912. The van der Waals surface area contributed by atoms with E-state index in [2.05, 4.69) is 4.72 Å². The molecule has 1 rings (SSSR count). The van der Waals surface area contributed by atoms with Crippen molar-refractivity contribution in [3.05, 3.63) is 24.3 Å². The number of carboxylic acid groups (broad SMARTS) is 1. The van der Waals surface area contributed by atoms with Crippen LogP contribution in [0.25, 0.3) is 0 Å². The van der Waals surface area contributed by atoms with E-state index in [0.717, 1.165) is 0 Å². The van der Waals surface area contributed by atoms with Crippen molar-refractivity contribution in [2.45, 2.75) is 6.92 Å². The van der Waals surface area contributed by atoms with Crippen LogP contribution in [0.4, 0.5) is 5.69 Å². The highest BCUT2D eigenvalue weighted by Crippen LogP contribution is 2.24. The standard InChI is InChI=1S/C10H13NO5S/c1-2-16-9-6-4-3-5-8(9)11-17(14,15)7-10(12)13/h3-6,11H,2,7H2,1H3,(H,12,13). The number of ether oxygens (including phenoxy) is 1. The van der Waals surface area contributed by atoms with Gasteiger partial charge in [0.2, 0.25) is 10.0 Å². The molecule has 0 aliphatic carbocycles. The minimum atomic E-state index is -3.90. The van der Waals surface area contributed by atoms with E-state index in [4.69, 9.17) is 9.84 Å². The molecule has 2 N–H and O–H groups in total. The number of carbonyl (C=O) groups is 1. The molecule has 0 aliphatic rings. The Morgan fingerprint density at radius 2 is 2.06 bits per heavy atom. The molecule has 0 atom stereocenters. The first-order valence-corrected chi connectivity index (χ1v) is 6.54. The lowest BCUT2D eigenvalue weighted by molar-refractivity contribution is -0.134. The number of nitrogens with one attached hydrogen (secondary N) is 1. The molecule has 0 saturated carbocycles. The Balaban J connectivity index is 2.91. The molecule has 0 aromatic heterocycles. The van der Waals surface area contributed by atoms with Crippen LogP contribution in [0, 0.1) is 0 Å². The van der Waals surface area contributed by atoms with Crippen molar-refractivity contribution in [1.29, 1.82) is 0 Å². The van der Waals surface area contributed by atoms with Crippen molar-refractivity contribution in [3.63, 3.8) is 0 Å². The lowest BCUT2D eigenvalue weighted by Gasteiger charge is -2.11. The second-order valence-corrected chi connectivity index (χ2v) is 4.91. The fraction of sp³-hybridized carbons (Fsp3) is 0.300. The monoisotopic (exact) mass is 259 g/mol. The van der Waals surface area contributed by atoms with Gasteiger partial charge < -0.3 is 9.84 Å². The largest absolute Gasteiger partial charge is 0.492 e. The molecular formula is C10H13NO5S. The number of hydrogen-bond acceptors (Lipinski definition) is 4. The molecule has 6 nitrogen and oxygen atoms in total. The van der Waals surface area contributed by atoms with E-state index in [-0.39, 0.29) is 5.69 Å². The Kier molecular flexibility index (Phi) is 4.33. The minimum absolute atomic E-state index is 0.232. The normalized spacial score (nSPS) is 10.9. The third-order valence-corrected chi connectivity index (χ3v) is 2.92. The summed E-state index contributed by atoms with van der Waals surface area (Å²) >= 11 is 0. The van der Waals surface area contributed by atoms with Crippen molar-refractivity contribution in [3.8, 4) is 5.75 Å². The molecule has 0 spiro atoms. The zero-order valence-electron chi connectivity index (χ0n) is 9.21. The summed E-state index contributed by atoms with van der Waals surface area (Å²) in [6, 6.07) is 6.42. The fourth-order valence-corrected chi connectivity index (χ4v) is 2.10. The second kappa shape index (κ2) is 5.53. The Morgan fingerprint density at radius 1 is 1.41 bits per heavy atom. The third kappa shape index (κ3) is 4.31. The van der Waals surface area contributed by atoms with Gasteiger partial charge in [-0.1, -0.05) is 12.1 Å². The molecule has 7 heteroatoms. The van der Waals surface area contributed by atoms with Gasteiger partial charge in [0.05, 0.1) is 12.3 Å². The molecule has 0 saturated heterocycles. The van der Waals surface area contributed by atoms with Crippen molar-refractivity contribution >= 4 is 21.7 Å². The first-order chi connectivity index (χ1) is 7.94. The van der Waals surface area contributed by atoms with E-state index in [1.54, 1.807) is 25.1 Å². The summed E-state index contributed by atoms with van der Waals surface area (Å²) in [4.78, 5) is 10.4. The molecular weight excluding hydrogens is 246 g/mol. The topological polar surface area (TPSA) is 92.7 Å². The summed E-state index contributed by atoms with van der Waals surface area (Å²) in [5.41, 5.74) is 0.232. The van der Waals surface area contributed by atoms with Crippen LogP contribution in [-0.2, 0) is 14.8 Å². The number of carboxylic acids is 1. The third-order valence-electron chi connectivity index (χ3n) is 1.77. The maximum Gasteiger partial charge on any atom is 0.320 e. The summed E-state index contributed by atoms with van der Waals surface area (Å²) in [6.45, 7) is 2.15. The summed E-state index contributed by atoms with van der Waals surface area (Å²) in [6.07, 6.45) is 0. The zero-order valence-corrected chi connectivity index (χ0v) is 10.0. The van der Waals surface area contributed by atoms with Crippen LogP contribution in [0.3, 0.4) is 0 Å². The highest BCUT2D eigenvalue weighted by atomic mass is 32.2. The van der Waals surface area contributed by atoms with E-state index in [9.17, 15) is 13.2 Å². The smallest absolute Gasteiger partial charge is 0.320 e. The lowest BCUT2D eigenvalue weighted by Crippen LogP contribution is -2.22. The molecule has 0 aliphatic heterocycles. The average Bonchev–Trinajstić information content (AvgIpc) is 2.18. The molecule has 0 bridgehead atoms. The van der Waals surface area contributed by atoms with Crippen LogP contribution in [-0.4, -0.2) is 31.9 Å². The van der Waals surface area contributed by atoms with E-state index in [0.29, 0.717) is 12.4 Å². The maximum atomic E-state index is 11.4. The van der Waals surface area contributed by atoms with Crippen LogP contribution in [0.1, 0.15) is 6.92 Å². The van der Waals surface area contributed by atoms with Gasteiger partial charge in [-0.15, -0.1) is 0 Å². The van der Waals surface area contributed by atoms with Crippen LogP contribution < -0.4 is 9.46 Å². The molecule has 0 fully saturated rings. The van der Waals surface area contributed by atoms with Crippen molar-refractivity contribution < 1.29 is 23.1 Å². The number of rotatable bonds is 6. The van der Waals surface area contributed by atoms with Crippen molar-refractivity contribution in [2.24, 2.45) is 0 Å². The van der Waals surface area contributed by atoms with Gasteiger partial charge in [-0.25, -0.2) is 8.42 Å².